The van der Waals surface area contributed by atoms with Crippen molar-refractivity contribution in [2.24, 2.45) is 5.73 Å². The Labute approximate surface area is 132 Å². The zero-order valence-corrected chi connectivity index (χ0v) is 13.2. The standard InChI is InChI=1S/C12H8FIN2OS2/c13-8-3-6(11(15)18)1-2-9(8)16-12(17)7-4-10(14)19-5-7/h1-5H,(H2,15,18)(H,16,17). The molecule has 0 bridgehead atoms. The van der Waals surface area contributed by atoms with Gasteiger partial charge in [0, 0.05) is 10.9 Å². The minimum absolute atomic E-state index is 0.103. The first-order chi connectivity index (χ1) is 8.97. The molecule has 0 atom stereocenters. The van der Waals surface area contributed by atoms with Crippen LogP contribution in [0.4, 0.5) is 10.1 Å². The summed E-state index contributed by atoms with van der Waals surface area (Å²) in [7, 11) is 0. The molecule has 0 saturated heterocycles. The van der Waals surface area contributed by atoms with Gasteiger partial charge in [-0.25, -0.2) is 4.39 Å². The molecule has 0 aliphatic rings. The predicted octanol–water partition coefficient (Wildman–Crippen LogP) is 3.38. The smallest absolute Gasteiger partial charge is 0.256 e. The van der Waals surface area contributed by atoms with E-state index in [0.717, 1.165) is 2.88 Å². The summed E-state index contributed by atoms with van der Waals surface area (Å²) in [4.78, 5) is 12.0. The lowest BCUT2D eigenvalue weighted by Gasteiger charge is -2.06. The SMILES string of the molecule is NC(=S)c1ccc(NC(=O)c2csc(I)c2)c(F)c1. The van der Waals surface area contributed by atoms with Gasteiger partial charge in [0.15, 0.2) is 0 Å². The number of hydrogen-bond donors (Lipinski definition) is 2. The summed E-state index contributed by atoms with van der Waals surface area (Å²) >= 11 is 8.33. The third-order valence-corrected chi connectivity index (χ3v) is 4.36. The second-order valence-electron chi connectivity index (χ2n) is 3.65. The van der Waals surface area contributed by atoms with Gasteiger partial charge in [-0.15, -0.1) is 11.3 Å². The van der Waals surface area contributed by atoms with E-state index in [2.05, 4.69) is 27.9 Å². The molecular weight excluding hydrogens is 398 g/mol. The minimum Gasteiger partial charge on any atom is -0.389 e. The average molecular weight is 406 g/mol. The lowest BCUT2D eigenvalue weighted by Crippen LogP contribution is -2.14. The second-order valence-corrected chi connectivity index (χ2v) is 6.90. The topological polar surface area (TPSA) is 55.1 Å². The van der Waals surface area contributed by atoms with E-state index >= 15 is 0 Å². The highest BCUT2D eigenvalue weighted by molar-refractivity contribution is 14.1. The fourth-order valence-corrected chi connectivity index (χ4v) is 2.85. The molecule has 0 aliphatic heterocycles. The average Bonchev–Trinajstić information content (AvgIpc) is 2.78. The van der Waals surface area contributed by atoms with E-state index in [1.807, 2.05) is 0 Å². The molecule has 0 unspecified atom stereocenters. The molecule has 1 aromatic carbocycles. The lowest BCUT2D eigenvalue weighted by atomic mass is 10.2. The molecule has 0 fully saturated rings. The molecule has 2 aromatic rings. The van der Waals surface area contributed by atoms with Crippen molar-refractivity contribution < 1.29 is 9.18 Å². The Balaban J connectivity index is 2.20. The number of carbonyl (C=O) groups excluding carboxylic acids is 1. The first kappa shape index (κ1) is 14.4. The number of halogens is 2. The Hall–Kier alpha value is -1.06. The van der Waals surface area contributed by atoms with Crippen LogP contribution >= 0.6 is 46.1 Å². The third-order valence-electron chi connectivity index (χ3n) is 2.33. The molecule has 2 rings (SSSR count). The van der Waals surface area contributed by atoms with Crippen molar-refractivity contribution in [2.45, 2.75) is 0 Å². The summed E-state index contributed by atoms with van der Waals surface area (Å²) in [5.41, 5.74) is 6.44. The van der Waals surface area contributed by atoms with Crippen LogP contribution in [-0.2, 0) is 0 Å². The number of nitrogens with one attached hydrogen (secondary N) is 1. The number of amides is 1. The van der Waals surface area contributed by atoms with Gasteiger partial charge in [-0.3, -0.25) is 4.79 Å². The van der Waals surface area contributed by atoms with Crippen LogP contribution in [0.5, 0.6) is 0 Å². The van der Waals surface area contributed by atoms with Crippen molar-refractivity contribution in [3.63, 3.8) is 0 Å². The van der Waals surface area contributed by atoms with Crippen LogP contribution in [0.1, 0.15) is 15.9 Å². The number of carbonyl (C=O) groups is 1. The van der Waals surface area contributed by atoms with Crippen molar-refractivity contribution >= 4 is 62.7 Å². The van der Waals surface area contributed by atoms with E-state index in [1.54, 1.807) is 17.5 Å². The highest BCUT2D eigenvalue weighted by Crippen LogP contribution is 2.20. The van der Waals surface area contributed by atoms with Crippen LogP contribution in [-0.4, -0.2) is 10.9 Å². The van der Waals surface area contributed by atoms with Crippen molar-refractivity contribution in [1.82, 2.24) is 0 Å². The normalized spacial score (nSPS) is 10.2. The molecule has 1 amide bonds. The van der Waals surface area contributed by atoms with Crippen molar-refractivity contribution in [1.29, 1.82) is 0 Å². The number of rotatable bonds is 3. The maximum absolute atomic E-state index is 13.8. The van der Waals surface area contributed by atoms with Crippen LogP contribution in [0.15, 0.2) is 29.6 Å². The summed E-state index contributed by atoms with van der Waals surface area (Å²) in [6.07, 6.45) is 0. The number of thiophene rings is 1. The van der Waals surface area contributed by atoms with Gasteiger partial charge in [0.25, 0.3) is 5.91 Å². The third kappa shape index (κ3) is 3.48. The van der Waals surface area contributed by atoms with E-state index in [-0.39, 0.29) is 16.6 Å². The molecule has 19 heavy (non-hydrogen) atoms. The monoisotopic (exact) mass is 406 g/mol. The van der Waals surface area contributed by atoms with E-state index < -0.39 is 5.82 Å². The highest BCUT2D eigenvalue weighted by Gasteiger charge is 2.11. The summed E-state index contributed by atoms with van der Waals surface area (Å²) in [6.45, 7) is 0. The molecule has 3 N–H and O–H groups in total. The van der Waals surface area contributed by atoms with Crippen LogP contribution < -0.4 is 11.1 Å². The quantitative estimate of drug-likeness (QED) is 0.607. The number of nitrogens with two attached hydrogens (primary N) is 1. The van der Waals surface area contributed by atoms with E-state index in [0.29, 0.717) is 11.1 Å². The molecule has 1 heterocycles. The van der Waals surface area contributed by atoms with Gasteiger partial charge in [0.1, 0.15) is 10.8 Å². The number of thiocarbonyl (C=S) groups is 1. The Morgan fingerprint density at radius 1 is 1.37 bits per heavy atom. The van der Waals surface area contributed by atoms with Gasteiger partial charge in [0.05, 0.1) is 14.1 Å². The first-order valence-electron chi connectivity index (χ1n) is 5.12. The maximum atomic E-state index is 13.8. The Kier molecular flexibility index (Phi) is 4.48. The van der Waals surface area contributed by atoms with Crippen LogP contribution in [0.3, 0.4) is 0 Å². The molecule has 1 aromatic heterocycles. The first-order valence-corrected chi connectivity index (χ1v) is 7.49. The van der Waals surface area contributed by atoms with Crippen molar-refractivity contribution in [2.75, 3.05) is 5.32 Å². The van der Waals surface area contributed by atoms with Crippen LogP contribution in [0, 0.1) is 8.70 Å². The fraction of sp³-hybridized carbons (Fsp3) is 0. The number of hydrogen-bond acceptors (Lipinski definition) is 3. The van der Waals surface area contributed by atoms with Crippen LogP contribution in [0.25, 0.3) is 0 Å². The van der Waals surface area contributed by atoms with E-state index in [1.165, 1.54) is 23.5 Å². The zero-order chi connectivity index (χ0) is 14.0. The fourth-order valence-electron chi connectivity index (χ4n) is 1.39. The van der Waals surface area contributed by atoms with Gasteiger partial charge in [-0.05, 0) is 46.9 Å². The van der Waals surface area contributed by atoms with Gasteiger partial charge >= 0.3 is 0 Å². The summed E-state index contributed by atoms with van der Waals surface area (Å²) in [5.74, 6) is -0.912. The molecule has 0 spiro atoms. The number of benzene rings is 1. The molecule has 7 heteroatoms. The molecule has 3 nitrogen and oxygen atoms in total. The van der Waals surface area contributed by atoms with Gasteiger partial charge < -0.3 is 11.1 Å². The zero-order valence-electron chi connectivity index (χ0n) is 9.44. The van der Waals surface area contributed by atoms with Gasteiger partial charge in [-0.1, -0.05) is 12.2 Å². The summed E-state index contributed by atoms with van der Waals surface area (Å²) < 4.78 is 14.8. The predicted molar refractivity (Wildman–Crippen MR) is 87.3 cm³/mol. The van der Waals surface area contributed by atoms with Crippen LogP contribution in [0.2, 0.25) is 0 Å². The Morgan fingerprint density at radius 3 is 2.63 bits per heavy atom. The summed E-state index contributed by atoms with van der Waals surface area (Å²) in [5, 5.41) is 4.23. The van der Waals surface area contributed by atoms with Crippen molar-refractivity contribution in [3.05, 3.63) is 49.5 Å². The maximum Gasteiger partial charge on any atom is 0.256 e. The van der Waals surface area contributed by atoms with E-state index in [9.17, 15) is 9.18 Å². The highest BCUT2D eigenvalue weighted by atomic mass is 127. The molecular formula is C12H8FIN2OS2. The van der Waals surface area contributed by atoms with Gasteiger partial charge in [0.2, 0.25) is 0 Å². The largest absolute Gasteiger partial charge is 0.389 e. The minimum atomic E-state index is -0.566. The molecule has 0 aliphatic carbocycles. The molecule has 98 valence electrons. The van der Waals surface area contributed by atoms with Gasteiger partial charge in [-0.2, -0.15) is 0 Å². The number of anilines is 1. The lowest BCUT2D eigenvalue weighted by molar-refractivity contribution is 0.102. The Bertz CT molecular complexity index is 657. The second kappa shape index (κ2) is 5.93. The summed E-state index contributed by atoms with van der Waals surface area (Å²) in [6, 6.07) is 5.95. The van der Waals surface area contributed by atoms with E-state index in [4.69, 9.17) is 18.0 Å². The molecule has 0 radical (unpaired) electrons. The molecule has 0 saturated carbocycles. The van der Waals surface area contributed by atoms with Crippen molar-refractivity contribution in [3.8, 4) is 0 Å². The Morgan fingerprint density at radius 2 is 2.11 bits per heavy atom.